The Labute approximate surface area is 153 Å². The number of aryl methyl sites for hydroxylation is 1. The first-order valence-electron chi connectivity index (χ1n) is 7.95. The molecule has 1 aromatic heterocycles. The molecule has 25 heavy (non-hydrogen) atoms. The molecule has 6 heteroatoms. The van der Waals surface area contributed by atoms with Crippen molar-refractivity contribution in [3.63, 3.8) is 0 Å². The summed E-state index contributed by atoms with van der Waals surface area (Å²) in [5.41, 5.74) is 6.67. The Morgan fingerprint density at radius 1 is 1.28 bits per heavy atom. The number of hydrazone groups is 1. The SMILES string of the molecule is COc1ccc2oc(C)c(C3=NN[C@@H](c4ccc(Br)cc4O)C3)c2c1. The standard InChI is InChI=1S/C19H17BrN2O3/c1-10-19(14-8-12(24-2)4-6-18(14)25-10)16-9-15(21-22-16)13-5-3-11(20)7-17(13)23/h3-8,15,21,23H,9H2,1-2H3/t15-/m1/s1. The molecule has 0 bridgehead atoms. The van der Waals surface area contributed by atoms with E-state index in [1.54, 1.807) is 13.2 Å². The molecule has 2 aromatic carbocycles. The van der Waals surface area contributed by atoms with Gasteiger partial charge in [0.2, 0.25) is 0 Å². The second-order valence-electron chi connectivity index (χ2n) is 6.04. The molecule has 3 aromatic rings. The van der Waals surface area contributed by atoms with E-state index in [0.29, 0.717) is 6.42 Å². The number of halogens is 1. The first-order chi connectivity index (χ1) is 12.1. The molecule has 2 heterocycles. The molecule has 128 valence electrons. The average molecular weight is 401 g/mol. The summed E-state index contributed by atoms with van der Waals surface area (Å²) in [5, 5.41) is 15.7. The highest BCUT2D eigenvalue weighted by atomic mass is 79.9. The van der Waals surface area contributed by atoms with Gasteiger partial charge in [0, 0.05) is 27.4 Å². The van der Waals surface area contributed by atoms with E-state index in [1.165, 1.54) is 0 Å². The number of benzene rings is 2. The molecule has 0 radical (unpaired) electrons. The largest absolute Gasteiger partial charge is 0.508 e. The lowest BCUT2D eigenvalue weighted by molar-refractivity contribution is 0.415. The highest BCUT2D eigenvalue weighted by Gasteiger charge is 2.27. The van der Waals surface area contributed by atoms with Gasteiger partial charge >= 0.3 is 0 Å². The van der Waals surface area contributed by atoms with Crippen LogP contribution in [0, 0.1) is 6.92 Å². The number of phenolic OH excluding ortho intramolecular Hbond substituents is 1. The van der Waals surface area contributed by atoms with Gasteiger partial charge in [0.15, 0.2) is 0 Å². The van der Waals surface area contributed by atoms with Crippen LogP contribution in [0.4, 0.5) is 0 Å². The number of furan rings is 1. The van der Waals surface area contributed by atoms with Crippen LogP contribution in [0.25, 0.3) is 11.0 Å². The van der Waals surface area contributed by atoms with Gasteiger partial charge in [-0.3, -0.25) is 0 Å². The Morgan fingerprint density at radius 2 is 2.12 bits per heavy atom. The van der Waals surface area contributed by atoms with Gasteiger partial charge in [-0.25, -0.2) is 0 Å². The Bertz CT molecular complexity index is 994. The molecule has 1 aliphatic heterocycles. The minimum atomic E-state index is -0.0712. The summed E-state index contributed by atoms with van der Waals surface area (Å²) in [6.07, 6.45) is 0.669. The monoisotopic (exact) mass is 400 g/mol. The van der Waals surface area contributed by atoms with Crippen molar-refractivity contribution in [3.8, 4) is 11.5 Å². The molecular weight excluding hydrogens is 384 g/mol. The van der Waals surface area contributed by atoms with E-state index in [-0.39, 0.29) is 11.8 Å². The Morgan fingerprint density at radius 3 is 2.88 bits per heavy atom. The predicted molar refractivity (Wildman–Crippen MR) is 100 cm³/mol. The van der Waals surface area contributed by atoms with Gasteiger partial charge in [-0.1, -0.05) is 22.0 Å². The quantitative estimate of drug-likeness (QED) is 0.670. The van der Waals surface area contributed by atoms with Crippen molar-refractivity contribution in [2.45, 2.75) is 19.4 Å². The van der Waals surface area contributed by atoms with E-state index < -0.39 is 0 Å². The van der Waals surface area contributed by atoms with Crippen molar-refractivity contribution in [3.05, 3.63) is 57.8 Å². The fourth-order valence-corrected chi connectivity index (χ4v) is 3.62. The smallest absolute Gasteiger partial charge is 0.135 e. The second kappa shape index (κ2) is 6.11. The van der Waals surface area contributed by atoms with Crippen LogP contribution >= 0.6 is 15.9 Å². The first-order valence-corrected chi connectivity index (χ1v) is 8.74. The molecule has 0 unspecified atom stereocenters. The zero-order valence-electron chi connectivity index (χ0n) is 13.8. The fourth-order valence-electron chi connectivity index (χ4n) is 3.27. The molecule has 1 aliphatic rings. The van der Waals surface area contributed by atoms with Crippen LogP contribution in [0.2, 0.25) is 0 Å². The van der Waals surface area contributed by atoms with Gasteiger partial charge < -0.3 is 19.7 Å². The van der Waals surface area contributed by atoms with Crippen molar-refractivity contribution in [2.75, 3.05) is 7.11 Å². The lowest BCUT2D eigenvalue weighted by Crippen LogP contribution is -2.10. The normalized spacial score (nSPS) is 16.8. The van der Waals surface area contributed by atoms with Crippen LogP contribution in [0.15, 0.2) is 50.4 Å². The minimum Gasteiger partial charge on any atom is -0.508 e. The van der Waals surface area contributed by atoms with E-state index >= 15 is 0 Å². The number of nitrogens with zero attached hydrogens (tertiary/aromatic N) is 1. The van der Waals surface area contributed by atoms with Crippen LogP contribution in [0.3, 0.4) is 0 Å². The summed E-state index contributed by atoms with van der Waals surface area (Å²) in [6.45, 7) is 1.94. The molecule has 0 saturated heterocycles. The molecule has 2 N–H and O–H groups in total. The lowest BCUT2D eigenvalue weighted by atomic mass is 9.97. The Kier molecular flexibility index (Phi) is 3.92. The average Bonchev–Trinajstić information content (AvgIpc) is 3.17. The summed E-state index contributed by atoms with van der Waals surface area (Å²) >= 11 is 3.37. The van der Waals surface area contributed by atoms with Gasteiger partial charge in [0.05, 0.1) is 18.9 Å². The summed E-state index contributed by atoms with van der Waals surface area (Å²) in [6, 6.07) is 11.2. The summed E-state index contributed by atoms with van der Waals surface area (Å²) in [5.74, 6) is 1.85. The van der Waals surface area contributed by atoms with Gasteiger partial charge in [0.1, 0.15) is 22.8 Å². The number of rotatable bonds is 3. The highest BCUT2D eigenvalue weighted by molar-refractivity contribution is 9.10. The van der Waals surface area contributed by atoms with Crippen molar-refractivity contribution >= 4 is 32.6 Å². The first kappa shape index (κ1) is 16.0. The van der Waals surface area contributed by atoms with Gasteiger partial charge in [-0.15, -0.1) is 0 Å². The maximum atomic E-state index is 10.2. The highest BCUT2D eigenvalue weighted by Crippen LogP contribution is 2.36. The molecule has 5 nitrogen and oxygen atoms in total. The maximum absolute atomic E-state index is 10.2. The topological polar surface area (TPSA) is 67.0 Å². The summed E-state index contributed by atoms with van der Waals surface area (Å²) in [7, 11) is 1.65. The molecule has 0 aliphatic carbocycles. The number of nitrogens with one attached hydrogen (secondary N) is 1. The van der Waals surface area contributed by atoms with E-state index in [1.807, 2.05) is 37.3 Å². The number of methoxy groups -OCH3 is 1. The number of fused-ring (bicyclic) bond motifs is 1. The zero-order chi connectivity index (χ0) is 17.6. The van der Waals surface area contributed by atoms with E-state index in [4.69, 9.17) is 9.15 Å². The Balaban J connectivity index is 1.70. The molecule has 0 amide bonds. The van der Waals surface area contributed by atoms with Gasteiger partial charge in [-0.2, -0.15) is 5.10 Å². The van der Waals surface area contributed by atoms with Crippen molar-refractivity contribution in [1.29, 1.82) is 0 Å². The van der Waals surface area contributed by atoms with E-state index in [2.05, 4.69) is 26.5 Å². The third-order valence-electron chi connectivity index (χ3n) is 4.48. The number of ether oxygens (including phenoxy) is 1. The van der Waals surface area contributed by atoms with Crippen LogP contribution in [-0.4, -0.2) is 17.9 Å². The zero-order valence-corrected chi connectivity index (χ0v) is 15.4. The van der Waals surface area contributed by atoms with E-state index in [0.717, 1.165) is 43.8 Å². The van der Waals surface area contributed by atoms with Crippen LogP contribution in [0.1, 0.15) is 29.3 Å². The number of aromatic hydroxyl groups is 1. The molecule has 0 saturated carbocycles. The van der Waals surface area contributed by atoms with Gasteiger partial charge in [-0.05, 0) is 37.3 Å². The predicted octanol–water partition coefficient (Wildman–Crippen LogP) is 4.66. The number of hydrogen-bond acceptors (Lipinski definition) is 5. The summed E-state index contributed by atoms with van der Waals surface area (Å²) < 4.78 is 12.0. The minimum absolute atomic E-state index is 0.0712. The third kappa shape index (κ3) is 2.76. The van der Waals surface area contributed by atoms with Crippen molar-refractivity contribution in [2.24, 2.45) is 5.10 Å². The van der Waals surface area contributed by atoms with Crippen LogP contribution < -0.4 is 10.2 Å². The maximum Gasteiger partial charge on any atom is 0.135 e. The molecule has 4 rings (SSSR count). The van der Waals surface area contributed by atoms with Crippen molar-refractivity contribution in [1.82, 2.24) is 5.43 Å². The van der Waals surface area contributed by atoms with Crippen molar-refractivity contribution < 1.29 is 14.3 Å². The lowest BCUT2D eigenvalue weighted by Gasteiger charge is -2.12. The molecule has 1 atom stereocenters. The number of hydrogen-bond donors (Lipinski definition) is 2. The fraction of sp³-hybridized carbons (Fsp3) is 0.211. The second-order valence-corrected chi connectivity index (χ2v) is 6.96. The molecule has 0 fully saturated rings. The Hall–Kier alpha value is -2.47. The molecular formula is C19H17BrN2O3. The summed E-state index contributed by atoms with van der Waals surface area (Å²) in [4.78, 5) is 0. The number of phenols is 1. The van der Waals surface area contributed by atoms with Crippen LogP contribution in [0.5, 0.6) is 11.5 Å². The third-order valence-corrected chi connectivity index (χ3v) is 4.97. The molecule has 0 spiro atoms. The van der Waals surface area contributed by atoms with E-state index in [9.17, 15) is 5.11 Å². The van der Waals surface area contributed by atoms with Crippen LogP contribution in [-0.2, 0) is 0 Å². The van der Waals surface area contributed by atoms with Gasteiger partial charge in [0.25, 0.3) is 0 Å².